The van der Waals surface area contributed by atoms with Crippen molar-refractivity contribution in [3.8, 4) is 0 Å². The molecule has 1 unspecified atom stereocenters. The van der Waals surface area contributed by atoms with Gasteiger partial charge in [0.2, 0.25) is 0 Å². The van der Waals surface area contributed by atoms with Gasteiger partial charge in [0.1, 0.15) is 0 Å². The molecule has 0 aliphatic rings. The first-order valence-electron chi connectivity index (χ1n) is 4.10. The van der Waals surface area contributed by atoms with Crippen LogP contribution in [0.4, 0.5) is 0 Å². The number of hydrogen-bond donors (Lipinski definition) is 3. The van der Waals surface area contributed by atoms with Crippen molar-refractivity contribution in [3.63, 3.8) is 0 Å². The third-order valence-electron chi connectivity index (χ3n) is 1.31. The second-order valence-electron chi connectivity index (χ2n) is 2.51. The summed E-state index contributed by atoms with van der Waals surface area (Å²) < 4.78 is 10.3. The van der Waals surface area contributed by atoms with E-state index >= 15 is 0 Å². The molecule has 14 heavy (non-hydrogen) atoms. The fraction of sp³-hybridized carbons (Fsp3) is 1.00. The predicted molar refractivity (Wildman–Crippen MR) is 53.7 cm³/mol. The Morgan fingerprint density at radius 2 is 2.07 bits per heavy atom. The van der Waals surface area contributed by atoms with Gasteiger partial charge in [-0.1, -0.05) is 11.4 Å². The summed E-state index contributed by atoms with van der Waals surface area (Å²) in [6, 6.07) is 0. The Kier molecular flexibility index (Phi) is 13.9. The molecule has 0 aromatic heterocycles. The van der Waals surface area contributed by atoms with Crippen LogP contribution in [0.3, 0.4) is 0 Å². The third kappa shape index (κ3) is 15.9. The summed E-state index contributed by atoms with van der Waals surface area (Å²) in [5.41, 5.74) is 0. The Morgan fingerprint density at radius 3 is 2.57 bits per heavy atom. The van der Waals surface area contributed by atoms with Crippen molar-refractivity contribution in [3.05, 3.63) is 0 Å². The van der Waals surface area contributed by atoms with Crippen molar-refractivity contribution in [2.75, 3.05) is 32.4 Å². The quantitative estimate of drug-likeness (QED) is 0.234. The van der Waals surface area contributed by atoms with Crippen LogP contribution >= 0.6 is 18.2 Å². The van der Waals surface area contributed by atoms with Crippen LogP contribution in [-0.4, -0.2) is 37.3 Å². The Morgan fingerprint density at radius 1 is 1.43 bits per heavy atom. The van der Waals surface area contributed by atoms with Crippen LogP contribution in [0.25, 0.3) is 0 Å². The van der Waals surface area contributed by atoms with Gasteiger partial charge in [-0.2, -0.15) is 0 Å². The molecule has 8 heteroatoms. The average molecular weight is 250 g/mol. The molecule has 0 spiro atoms. The van der Waals surface area contributed by atoms with Crippen LogP contribution < -0.4 is 45.1 Å². The van der Waals surface area contributed by atoms with Gasteiger partial charge in [-0.05, 0) is 26.6 Å². The average Bonchev–Trinajstić information content (AvgIpc) is 2.01. The molecule has 3 N–H and O–H groups in total. The Hall–Kier alpha value is 1.42. The molecule has 0 bridgehead atoms. The normalized spacial score (nSPS) is 14.5. The SMILES string of the molecule is CNCCCNCCSP(=O)([O-])O.[Na+]. The largest absolute Gasteiger partial charge is 1.00 e. The summed E-state index contributed by atoms with van der Waals surface area (Å²) in [7, 11) is 1.88. The van der Waals surface area contributed by atoms with Crippen molar-refractivity contribution < 1.29 is 43.9 Å². The fourth-order valence-electron chi connectivity index (χ4n) is 0.748. The maximum Gasteiger partial charge on any atom is 1.00 e. The molecule has 0 heterocycles. The summed E-state index contributed by atoms with van der Waals surface area (Å²) in [6.45, 7) is -1.71. The number of hydrogen-bond acceptors (Lipinski definition) is 5. The molecule has 0 aromatic rings. The van der Waals surface area contributed by atoms with E-state index < -0.39 is 6.80 Å². The van der Waals surface area contributed by atoms with Crippen LogP contribution in [0.1, 0.15) is 6.42 Å². The number of nitrogens with one attached hydrogen (secondary N) is 2. The molecule has 0 rings (SSSR count). The molecule has 0 aliphatic heterocycles. The maximum atomic E-state index is 10.3. The van der Waals surface area contributed by atoms with E-state index in [-0.39, 0.29) is 29.6 Å². The molecule has 80 valence electrons. The van der Waals surface area contributed by atoms with Gasteiger partial charge in [0.15, 0.2) is 6.80 Å². The van der Waals surface area contributed by atoms with Crippen LogP contribution in [0.2, 0.25) is 0 Å². The van der Waals surface area contributed by atoms with Crippen LogP contribution in [-0.2, 0) is 4.57 Å². The summed E-state index contributed by atoms with van der Waals surface area (Å²) in [4.78, 5) is 18.7. The first-order valence-corrected chi connectivity index (χ1v) is 7.27. The van der Waals surface area contributed by atoms with E-state index in [0.717, 1.165) is 19.5 Å². The second-order valence-corrected chi connectivity index (χ2v) is 6.27. The van der Waals surface area contributed by atoms with Gasteiger partial charge in [0.05, 0.1) is 0 Å². The summed E-state index contributed by atoms with van der Waals surface area (Å²) >= 11 is 0.575. The van der Waals surface area contributed by atoms with Gasteiger partial charge in [-0.3, -0.25) is 4.57 Å². The van der Waals surface area contributed by atoms with E-state index in [2.05, 4.69) is 10.6 Å². The van der Waals surface area contributed by atoms with Gasteiger partial charge < -0.3 is 20.4 Å². The minimum absolute atomic E-state index is 0. The van der Waals surface area contributed by atoms with Crippen molar-refractivity contribution in [2.45, 2.75) is 6.42 Å². The molecular weight excluding hydrogens is 234 g/mol. The van der Waals surface area contributed by atoms with E-state index in [1.165, 1.54) is 0 Å². The van der Waals surface area contributed by atoms with Crippen LogP contribution in [0.15, 0.2) is 0 Å². The Balaban J connectivity index is 0. The van der Waals surface area contributed by atoms with Crippen LogP contribution in [0, 0.1) is 0 Å². The molecule has 0 saturated carbocycles. The van der Waals surface area contributed by atoms with Crippen molar-refractivity contribution in [1.82, 2.24) is 10.6 Å². The molecule has 0 radical (unpaired) electrons. The van der Waals surface area contributed by atoms with E-state index in [1.54, 1.807) is 0 Å². The first kappa shape index (κ1) is 17.8. The topological polar surface area (TPSA) is 84.4 Å². The molecule has 5 nitrogen and oxygen atoms in total. The molecule has 0 aromatic carbocycles. The smallest absolute Gasteiger partial charge is 0.770 e. The predicted octanol–water partition coefficient (Wildman–Crippen LogP) is -3.62. The third-order valence-corrected chi connectivity index (χ3v) is 3.55. The molecule has 0 saturated heterocycles. The monoisotopic (exact) mass is 250 g/mol. The second kappa shape index (κ2) is 10.9. The number of rotatable bonds is 8. The van der Waals surface area contributed by atoms with Gasteiger partial charge in [0, 0.05) is 12.3 Å². The molecule has 0 aliphatic carbocycles. The zero-order chi connectivity index (χ0) is 10.2. The van der Waals surface area contributed by atoms with Crippen molar-refractivity contribution in [1.29, 1.82) is 0 Å². The summed E-state index contributed by atoms with van der Waals surface area (Å²) in [6.07, 6.45) is 1.01. The van der Waals surface area contributed by atoms with Crippen molar-refractivity contribution in [2.24, 2.45) is 0 Å². The van der Waals surface area contributed by atoms with Gasteiger partial charge in [-0.25, -0.2) is 0 Å². The molecular formula is C6H16N2NaO3PS. The Bertz CT molecular complexity index is 169. The Labute approximate surface area is 111 Å². The minimum Gasteiger partial charge on any atom is -0.770 e. The van der Waals surface area contributed by atoms with E-state index in [0.29, 0.717) is 23.7 Å². The van der Waals surface area contributed by atoms with E-state index in [9.17, 15) is 9.46 Å². The summed E-state index contributed by atoms with van der Waals surface area (Å²) in [5.74, 6) is 0.386. The van der Waals surface area contributed by atoms with Crippen LogP contribution in [0.5, 0.6) is 0 Å². The molecule has 0 amide bonds. The minimum atomic E-state index is -4.11. The van der Waals surface area contributed by atoms with Gasteiger partial charge in [-0.15, -0.1) is 0 Å². The van der Waals surface area contributed by atoms with E-state index in [4.69, 9.17) is 4.89 Å². The maximum absolute atomic E-state index is 10.3. The van der Waals surface area contributed by atoms with Gasteiger partial charge in [0.25, 0.3) is 0 Å². The molecule has 1 atom stereocenters. The van der Waals surface area contributed by atoms with Gasteiger partial charge >= 0.3 is 29.6 Å². The van der Waals surface area contributed by atoms with Crippen molar-refractivity contribution >= 4 is 18.2 Å². The fourth-order valence-corrected chi connectivity index (χ4v) is 2.18. The standard InChI is InChI=1S/C6H17N2O3PS.Na/c1-7-3-2-4-8-5-6-13-12(9,10)11;/h7-8H,2-6H2,1H3,(H2,9,10,11);/q;+1/p-1. The first-order chi connectivity index (χ1) is 6.06. The molecule has 0 fully saturated rings. The zero-order valence-corrected chi connectivity index (χ0v) is 12.4. The zero-order valence-electron chi connectivity index (χ0n) is 8.65. The van der Waals surface area contributed by atoms with E-state index in [1.807, 2.05) is 7.05 Å². The summed E-state index contributed by atoms with van der Waals surface area (Å²) in [5, 5.41) is 6.06.